The van der Waals surface area contributed by atoms with E-state index in [-0.39, 0.29) is 5.41 Å². The first-order valence-electron chi connectivity index (χ1n) is 6.95. The molecule has 20 heavy (non-hydrogen) atoms. The van der Waals surface area contributed by atoms with E-state index >= 15 is 0 Å². The van der Waals surface area contributed by atoms with E-state index in [0.29, 0.717) is 0 Å². The fourth-order valence-corrected chi connectivity index (χ4v) is 2.68. The number of hydrogen-bond acceptors (Lipinski definition) is 1. The quantitative estimate of drug-likeness (QED) is 0.879. The molecule has 0 heterocycles. The molecule has 2 unspecified atom stereocenters. The van der Waals surface area contributed by atoms with Crippen LogP contribution in [0.2, 0.25) is 0 Å². The van der Waals surface area contributed by atoms with Crippen LogP contribution in [0.25, 0.3) is 0 Å². The molecular formula is C18H22O2. The molecule has 1 N–H and O–H groups in total. The Morgan fingerprint density at radius 2 is 1.75 bits per heavy atom. The maximum atomic E-state index is 11.5. The molecule has 1 aliphatic carbocycles. The summed E-state index contributed by atoms with van der Waals surface area (Å²) in [5, 5.41) is 9.43. The topological polar surface area (TPSA) is 37.3 Å². The number of allylic oxidation sites excluding steroid dienone is 3. The lowest BCUT2D eigenvalue weighted by Gasteiger charge is -2.33. The highest BCUT2D eigenvalue weighted by molar-refractivity contribution is 5.76. The Morgan fingerprint density at radius 1 is 1.15 bits per heavy atom. The Morgan fingerprint density at radius 3 is 2.25 bits per heavy atom. The van der Waals surface area contributed by atoms with Gasteiger partial charge in [-0.3, -0.25) is 4.79 Å². The minimum Gasteiger partial charge on any atom is -0.481 e. The predicted octanol–water partition coefficient (Wildman–Crippen LogP) is 4.07. The minimum absolute atomic E-state index is 0.105. The Balaban J connectivity index is 2.41. The summed E-state index contributed by atoms with van der Waals surface area (Å²) in [7, 11) is 0. The van der Waals surface area contributed by atoms with Gasteiger partial charge in [-0.1, -0.05) is 76.3 Å². The van der Waals surface area contributed by atoms with Crippen LogP contribution in [0.3, 0.4) is 0 Å². The third-order valence-corrected chi connectivity index (χ3v) is 4.14. The van der Waals surface area contributed by atoms with Crippen molar-refractivity contribution in [2.45, 2.75) is 38.5 Å². The third-order valence-electron chi connectivity index (χ3n) is 4.14. The Kier molecular flexibility index (Phi) is 3.59. The van der Waals surface area contributed by atoms with E-state index in [1.165, 1.54) is 5.56 Å². The minimum atomic E-state index is -0.784. The molecule has 0 aromatic heterocycles. The van der Waals surface area contributed by atoms with Crippen LogP contribution in [0, 0.1) is 5.92 Å². The van der Waals surface area contributed by atoms with Gasteiger partial charge in [-0.25, -0.2) is 0 Å². The molecule has 1 aromatic rings. The highest BCUT2D eigenvalue weighted by Crippen LogP contribution is 2.38. The van der Waals surface area contributed by atoms with Crippen molar-refractivity contribution in [3.63, 3.8) is 0 Å². The number of carbonyl (C=O) groups is 1. The van der Waals surface area contributed by atoms with Gasteiger partial charge >= 0.3 is 5.97 Å². The van der Waals surface area contributed by atoms with E-state index in [2.05, 4.69) is 45.0 Å². The van der Waals surface area contributed by atoms with Crippen molar-refractivity contribution in [1.29, 1.82) is 0 Å². The van der Waals surface area contributed by atoms with E-state index in [1.807, 2.05) is 25.2 Å². The zero-order chi connectivity index (χ0) is 15.0. The van der Waals surface area contributed by atoms with Crippen molar-refractivity contribution < 1.29 is 9.90 Å². The first-order chi connectivity index (χ1) is 9.25. The fraction of sp³-hybridized carbons (Fsp3) is 0.389. The average molecular weight is 270 g/mol. The Hall–Kier alpha value is -1.83. The summed E-state index contributed by atoms with van der Waals surface area (Å²) in [5.41, 5.74) is 1.91. The molecule has 0 spiro atoms. The maximum Gasteiger partial charge on any atom is 0.311 e. The van der Waals surface area contributed by atoms with Gasteiger partial charge in [0.25, 0.3) is 0 Å². The van der Waals surface area contributed by atoms with Gasteiger partial charge in [-0.05, 0) is 16.5 Å². The molecule has 0 aliphatic heterocycles. The molecule has 0 bridgehead atoms. The largest absolute Gasteiger partial charge is 0.481 e. The van der Waals surface area contributed by atoms with Crippen LogP contribution in [-0.2, 0) is 15.6 Å². The summed E-state index contributed by atoms with van der Waals surface area (Å²) < 4.78 is 0. The smallest absolute Gasteiger partial charge is 0.311 e. The molecule has 2 heteroatoms. The van der Waals surface area contributed by atoms with Crippen LogP contribution in [-0.4, -0.2) is 11.1 Å². The van der Waals surface area contributed by atoms with E-state index in [1.54, 1.807) is 6.08 Å². The van der Waals surface area contributed by atoms with Gasteiger partial charge < -0.3 is 5.11 Å². The monoisotopic (exact) mass is 270 g/mol. The summed E-state index contributed by atoms with van der Waals surface area (Å²) in [5.74, 6) is -1.30. The van der Waals surface area contributed by atoms with E-state index in [0.717, 1.165) is 5.56 Å². The molecule has 1 aromatic carbocycles. The second-order valence-electron chi connectivity index (χ2n) is 6.67. The van der Waals surface area contributed by atoms with Crippen molar-refractivity contribution in [3.8, 4) is 0 Å². The van der Waals surface area contributed by atoms with Crippen molar-refractivity contribution in [1.82, 2.24) is 0 Å². The molecule has 0 saturated carbocycles. The first-order valence-corrected chi connectivity index (χ1v) is 6.95. The van der Waals surface area contributed by atoms with Crippen molar-refractivity contribution in [3.05, 3.63) is 59.7 Å². The molecule has 0 fully saturated rings. The second kappa shape index (κ2) is 4.93. The lowest BCUT2D eigenvalue weighted by atomic mass is 9.69. The summed E-state index contributed by atoms with van der Waals surface area (Å²) in [6.45, 7) is 8.50. The average Bonchev–Trinajstić information content (AvgIpc) is 2.38. The van der Waals surface area contributed by atoms with Crippen molar-refractivity contribution in [2.24, 2.45) is 5.92 Å². The van der Waals surface area contributed by atoms with Gasteiger partial charge in [0.05, 0.1) is 5.92 Å². The number of hydrogen-bond donors (Lipinski definition) is 1. The molecule has 1 aliphatic rings. The highest BCUT2D eigenvalue weighted by Gasteiger charge is 2.38. The molecule has 0 radical (unpaired) electrons. The van der Waals surface area contributed by atoms with Gasteiger partial charge in [0.15, 0.2) is 0 Å². The standard InChI is InChI=1S/C18H22O2/c1-17(2,3)13-8-10-14(11-9-13)18(4)12-6-5-7-15(18)16(19)20/h5-12,15H,1-4H3,(H,19,20). The van der Waals surface area contributed by atoms with Gasteiger partial charge in [-0.15, -0.1) is 0 Å². The molecular weight excluding hydrogens is 248 g/mol. The third kappa shape index (κ3) is 2.55. The maximum absolute atomic E-state index is 11.5. The second-order valence-corrected chi connectivity index (χ2v) is 6.67. The van der Waals surface area contributed by atoms with Gasteiger partial charge in [0.2, 0.25) is 0 Å². The van der Waals surface area contributed by atoms with Crippen LogP contribution < -0.4 is 0 Å². The molecule has 0 amide bonds. The van der Waals surface area contributed by atoms with Gasteiger partial charge in [0.1, 0.15) is 0 Å². The van der Waals surface area contributed by atoms with Crippen LogP contribution in [0.1, 0.15) is 38.8 Å². The SMILES string of the molecule is CC(C)(C)c1ccc(C2(C)C=CC=CC2C(=O)O)cc1. The summed E-state index contributed by atoms with van der Waals surface area (Å²) in [6.07, 6.45) is 7.49. The number of rotatable bonds is 2. The van der Waals surface area contributed by atoms with Crippen LogP contribution in [0.5, 0.6) is 0 Å². The summed E-state index contributed by atoms with van der Waals surface area (Å²) in [6, 6.07) is 8.32. The zero-order valence-corrected chi connectivity index (χ0v) is 12.6. The number of aliphatic carboxylic acids is 1. The van der Waals surface area contributed by atoms with E-state index < -0.39 is 17.3 Å². The van der Waals surface area contributed by atoms with Crippen molar-refractivity contribution >= 4 is 5.97 Å². The summed E-state index contributed by atoms with van der Waals surface area (Å²) in [4.78, 5) is 11.5. The Labute approximate surface area is 120 Å². The normalized spacial score (nSPS) is 25.7. The predicted molar refractivity (Wildman–Crippen MR) is 81.9 cm³/mol. The van der Waals surface area contributed by atoms with E-state index in [9.17, 15) is 9.90 Å². The van der Waals surface area contributed by atoms with Crippen LogP contribution in [0.15, 0.2) is 48.6 Å². The van der Waals surface area contributed by atoms with E-state index in [4.69, 9.17) is 0 Å². The van der Waals surface area contributed by atoms with Crippen LogP contribution in [0.4, 0.5) is 0 Å². The van der Waals surface area contributed by atoms with Crippen molar-refractivity contribution in [2.75, 3.05) is 0 Å². The lowest BCUT2D eigenvalue weighted by molar-refractivity contribution is -0.141. The van der Waals surface area contributed by atoms with Gasteiger partial charge in [0, 0.05) is 5.41 Å². The molecule has 2 rings (SSSR count). The highest BCUT2D eigenvalue weighted by atomic mass is 16.4. The molecule has 0 saturated heterocycles. The number of carboxylic acids is 1. The van der Waals surface area contributed by atoms with Crippen LogP contribution >= 0.6 is 0 Å². The zero-order valence-electron chi connectivity index (χ0n) is 12.6. The number of carboxylic acid groups (broad SMARTS) is 1. The molecule has 2 atom stereocenters. The Bertz CT molecular complexity index is 558. The molecule has 106 valence electrons. The fourth-order valence-electron chi connectivity index (χ4n) is 2.68. The lowest BCUT2D eigenvalue weighted by Crippen LogP contribution is -2.35. The molecule has 2 nitrogen and oxygen atoms in total. The first kappa shape index (κ1) is 14.6. The summed E-state index contributed by atoms with van der Waals surface area (Å²) >= 11 is 0. The van der Waals surface area contributed by atoms with Gasteiger partial charge in [-0.2, -0.15) is 0 Å². The number of benzene rings is 1.